The van der Waals surface area contributed by atoms with Crippen LogP contribution in [0.2, 0.25) is 0 Å². The first-order valence-corrected chi connectivity index (χ1v) is 8.89. The van der Waals surface area contributed by atoms with Crippen LogP contribution < -0.4 is 5.32 Å². The molecule has 1 N–H and O–H groups in total. The van der Waals surface area contributed by atoms with Gasteiger partial charge in [-0.2, -0.15) is 0 Å². The first-order valence-electron chi connectivity index (χ1n) is 7.12. The number of anilines is 1. The molecule has 1 heterocycles. The molecule has 21 heavy (non-hydrogen) atoms. The molecule has 2 aliphatic rings. The van der Waals surface area contributed by atoms with Crippen molar-refractivity contribution in [1.29, 1.82) is 0 Å². The maximum Gasteiger partial charge on any atom is 0.161 e. The minimum absolute atomic E-state index is 0.0347. The third-order valence-electron chi connectivity index (χ3n) is 4.12. The fourth-order valence-electron chi connectivity index (χ4n) is 3.18. The smallest absolute Gasteiger partial charge is 0.161 e. The molecular formula is C15H17BrF2N2S. The molecule has 1 aliphatic heterocycles. The van der Waals surface area contributed by atoms with E-state index < -0.39 is 11.6 Å². The Kier molecular flexibility index (Phi) is 4.28. The van der Waals surface area contributed by atoms with Crippen molar-refractivity contribution in [2.24, 2.45) is 10.9 Å². The molecule has 3 rings (SSSR count). The van der Waals surface area contributed by atoms with Gasteiger partial charge in [0.15, 0.2) is 16.8 Å². The van der Waals surface area contributed by atoms with E-state index in [-0.39, 0.29) is 11.2 Å². The van der Waals surface area contributed by atoms with Crippen molar-refractivity contribution in [1.82, 2.24) is 0 Å². The summed E-state index contributed by atoms with van der Waals surface area (Å²) in [6.07, 6.45) is 4.57. The Hall–Kier alpha value is -0.620. The summed E-state index contributed by atoms with van der Waals surface area (Å²) in [5.41, 5.74) is -0.155. The summed E-state index contributed by atoms with van der Waals surface area (Å²) in [5, 5.41) is 3.46. The highest BCUT2D eigenvalue weighted by atomic mass is 79.9. The summed E-state index contributed by atoms with van der Waals surface area (Å²) >= 11 is 4.64. The second kappa shape index (κ2) is 5.88. The van der Waals surface area contributed by atoms with Crippen LogP contribution in [0.15, 0.2) is 21.6 Å². The van der Waals surface area contributed by atoms with E-state index in [0.29, 0.717) is 15.6 Å². The average Bonchev–Trinajstić information content (AvgIpc) is 2.76. The molecule has 2 atom stereocenters. The second-order valence-corrected chi connectivity index (χ2v) is 7.88. The molecule has 0 radical (unpaired) electrons. The minimum atomic E-state index is -0.608. The molecule has 2 unspecified atom stereocenters. The topological polar surface area (TPSA) is 24.4 Å². The Morgan fingerprint density at radius 3 is 2.76 bits per heavy atom. The van der Waals surface area contributed by atoms with Gasteiger partial charge in [0.05, 0.1) is 5.54 Å². The van der Waals surface area contributed by atoms with Crippen LogP contribution in [0, 0.1) is 17.6 Å². The summed E-state index contributed by atoms with van der Waals surface area (Å²) in [6, 6.07) is 2.51. The van der Waals surface area contributed by atoms with Gasteiger partial charge >= 0.3 is 0 Å². The highest BCUT2D eigenvalue weighted by Gasteiger charge is 2.39. The Balaban J connectivity index is 1.80. The summed E-state index contributed by atoms with van der Waals surface area (Å²) in [7, 11) is 0. The second-order valence-electron chi connectivity index (χ2n) is 6.00. The number of thioether (sulfide) groups is 1. The Morgan fingerprint density at radius 2 is 2.10 bits per heavy atom. The lowest BCUT2D eigenvalue weighted by Gasteiger charge is -2.33. The van der Waals surface area contributed by atoms with E-state index in [9.17, 15) is 8.78 Å². The molecule has 2 nitrogen and oxygen atoms in total. The predicted octanol–water partition coefficient (Wildman–Crippen LogP) is 5.19. The van der Waals surface area contributed by atoms with Gasteiger partial charge in [0.25, 0.3) is 0 Å². The number of halogens is 3. The average molecular weight is 375 g/mol. The van der Waals surface area contributed by atoms with Gasteiger partial charge in [0.2, 0.25) is 0 Å². The van der Waals surface area contributed by atoms with Gasteiger partial charge in [0, 0.05) is 10.2 Å². The van der Waals surface area contributed by atoms with E-state index in [1.165, 1.54) is 25.0 Å². The molecule has 0 amide bonds. The van der Waals surface area contributed by atoms with Crippen molar-refractivity contribution in [3.8, 4) is 0 Å². The zero-order valence-electron chi connectivity index (χ0n) is 11.8. The fourth-order valence-corrected chi connectivity index (χ4v) is 4.75. The van der Waals surface area contributed by atoms with Crippen molar-refractivity contribution in [2.75, 3.05) is 11.1 Å². The summed E-state index contributed by atoms with van der Waals surface area (Å²) < 4.78 is 28.1. The van der Waals surface area contributed by atoms with Gasteiger partial charge in [-0.3, -0.25) is 4.99 Å². The normalized spacial score (nSPS) is 28.8. The Bertz CT molecular complexity index is 570. The van der Waals surface area contributed by atoms with Crippen LogP contribution in [0.25, 0.3) is 0 Å². The molecule has 0 bridgehead atoms. The van der Waals surface area contributed by atoms with Gasteiger partial charge in [-0.1, -0.05) is 47.5 Å². The third kappa shape index (κ3) is 3.26. The van der Waals surface area contributed by atoms with Gasteiger partial charge in [-0.25, -0.2) is 8.78 Å². The molecule has 1 aromatic carbocycles. The van der Waals surface area contributed by atoms with Crippen LogP contribution in [0.4, 0.5) is 14.5 Å². The van der Waals surface area contributed by atoms with Crippen LogP contribution >= 0.6 is 27.7 Å². The lowest BCUT2D eigenvalue weighted by Crippen LogP contribution is -2.33. The zero-order chi connectivity index (χ0) is 15.0. The third-order valence-corrected chi connectivity index (χ3v) is 5.73. The van der Waals surface area contributed by atoms with Crippen molar-refractivity contribution in [3.63, 3.8) is 0 Å². The summed E-state index contributed by atoms with van der Waals surface area (Å²) in [4.78, 5) is 4.75. The molecular weight excluding hydrogens is 358 g/mol. The molecule has 1 saturated carbocycles. The molecule has 0 aromatic heterocycles. The highest BCUT2D eigenvalue weighted by Crippen LogP contribution is 2.42. The first-order chi connectivity index (χ1) is 9.97. The molecule has 1 aromatic rings. The fraction of sp³-hybridized carbons (Fsp3) is 0.533. The van der Waals surface area contributed by atoms with E-state index in [2.05, 4.69) is 28.2 Å². The van der Waals surface area contributed by atoms with Crippen LogP contribution in [-0.2, 0) is 0 Å². The van der Waals surface area contributed by atoms with E-state index in [1.54, 1.807) is 11.8 Å². The van der Waals surface area contributed by atoms with Crippen LogP contribution in [-0.4, -0.2) is 16.5 Å². The standard InChI is InChI=1S/C15H17BrF2N2S/c1-9-3-2-4-15(7-9)8-21-14(20-15)19-13-11(17)5-10(16)6-12(13)18/h5-6,9H,2-4,7-8H2,1H3,(H,19,20). The number of rotatable bonds is 1. The number of amidine groups is 1. The molecule has 6 heteroatoms. The molecule has 1 aliphatic carbocycles. The monoisotopic (exact) mass is 374 g/mol. The Morgan fingerprint density at radius 1 is 1.38 bits per heavy atom. The maximum atomic E-state index is 13.9. The maximum absolute atomic E-state index is 13.9. The van der Waals surface area contributed by atoms with Crippen molar-refractivity contribution >= 4 is 38.5 Å². The van der Waals surface area contributed by atoms with Crippen LogP contribution in [0.5, 0.6) is 0 Å². The SMILES string of the molecule is CC1CCCC2(CSC(Nc3c(F)cc(Br)cc3F)=N2)C1. The quantitative estimate of drug-likeness (QED) is 0.731. The molecule has 114 valence electrons. The van der Waals surface area contributed by atoms with E-state index in [4.69, 9.17) is 4.99 Å². The largest absolute Gasteiger partial charge is 0.330 e. The Labute approximate surface area is 135 Å². The zero-order valence-corrected chi connectivity index (χ0v) is 14.2. The van der Waals surface area contributed by atoms with E-state index in [0.717, 1.165) is 18.6 Å². The van der Waals surface area contributed by atoms with E-state index >= 15 is 0 Å². The lowest BCUT2D eigenvalue weighted by atomic mass is 9.78. The summed E-state index contributed by atoms with van der Waals surface area (Å²) in [5.74, 6) is 0.356. The van der Waals surface area contributed by atoms with Gasteiger partial charge in [0.1, 0.15) is 5.69 Å². The molecule has 1 fully saturated rings. The number of benzene rings is 1. The van der Waals surface area contributed by atoms with Gasteiger partial charge in [-0.15, -0.1) is 0 Å². The van der Waals surface area contributed by atoms with Crippen LogP contribution in [0.3, 0.4) is 0 Å². The number of hydrogen-bond donors (Lipinski definition) is 1. The minimum Gasteiger partial charge on any atom is -0.330 e. The number of hydrogen-bond acceptors (Lipinski definition) is 3. The first kappa shape index (κ1) is 15.3. The lowest BCUT2D eigenvalue weighted by molar-refractivity contribution is 0.266. The van der Waals surface area contributed by atoms with Crippen molar-refractivity contribution in [3.05, 3.63) is 28.2 Å². The van der Waals surface area contributed by atoms with Gasteiger partial charge < -0.3 is 5.32 Å². The van der Waals surface area contributed by atoms with Crippen molar-refractivity contribution in [2.45, 2.75) is 38.1 Å². The number of aliphatic imine (C=N–C) groups is 1. The van der Waals surface area contributed by atoms with E-state index in [1.807, 2.05) is 0 Å². The van der Waals surface area contributed by atoms with Crippen molar-refractivity contribution < 1.29 is 8.78 Å². The van der Waals surface area contributed by atoms with Gasteiger partial charge in [-0.05, 0) is 30.9 Å². The number of nitrogens with one attached hydrogen (secondary N) is 1. The van der Waals surface area contributed by atoms with Crippen LogP contribution in [0.1, 0.15) is 32.6 Å². The summed E-state index contributed by atoms with van der Waals surface area (Å²) in [6.45, 7) is 2.25. The predicted molar refractivity (Wildman–Crippen MR) is 87.9 cm³/mol. The molecule has 1 spiro atoms. The molecule has 0 saturated heterocycles. The highest BCUT2D eigenvalue weighted by molar-refractivity contribution is 9.10. The number of nitrogens with zero attached hydrogens (tertiary/aromatic N) is 1.